The van der Waals surface area contributed by atoms with Gasteiger partial charge in [-0.25, -0.2) is 4.98 Å². The van der Waals surface area contributed by atoms with E-state index in [0.29, 0.717) is 17.6 Å². The molecule has 0 aliphatic carbocycles. The van der Waals surface area contributed by atoms with Crippen molar-refractivity contribution < 1.29 is 0 Å². The van der Waals surface area contributed by atoms with Crippen LogP contribution in [0.25, 0.3) is 116 Å². The molecule has 0 spiro atoms. The van der Waals surface area contributed by atoms with Gasteiger partial charge in [-0.15, -0.1) is 0 Å². The number of rotatable bonds is 6. The molecule has 0 saturated carbocycles. The zero-order valence-electron chi connectivity index (χ0n) is 33.1. The second kappa shape index (κ2) is 14.3. The van der Waals surface area contributed by atoms with Crippen LogP contribution in [0, 0.1) is 0 Å². The maximum atomic E-state index is 5.24. The van der Waals surface area contributed by atoms with Gasteiger partial charge in [-0.3, -0.25) is 4.57 Å². The normalized spacial score (nSPS) is 11.6. The van der Waals surface area contributed by atoms with Crippen LogP contribution in [0.1, 0.15) is 0 Å². The molecule has 0 aliphatic rings. The van der Waals surface area contributed by atoms with E-state index in [1.807, 2.05) is 24.3 Å². The fourth-order valence-electron chi connectivity index (χ4n) is 9.08. The SMILES string of the molecule is c1ccc(-c2ccc(-c3nc(-c4ccccc4)nc(-n4c5ccccc5c5ccc(-c6cccc(-c7ccc8c9ccccc9c9ccccc9c8c7)c6)cc54)n3)cc2)cc1. The van der Waals surface area contributed by atoms with Gasteiger partial charge in [0.1, 0.15) is 0 Å². The first-order valence-corrected chi connectivity index (χ1v) is 20.7. The molecule has 0 saturated heterocycles. The third kappa shape index (κ3) is 5.96. The van der Waals surface area contributed by atoms with E-state index in [1.54, 1.807) is 0 Å². The Morgan fingerprint density at radius 1 is 0.230 bits per heavy atom. The van der Waals surface area contributed by atoms with E-state index in [-0.39, 0.29) is 0 Å². The molecule has 0 atom stereocenters. The lowest BCUT2D eigenvalue weighted by Crippen LogP contribution is -2.06. The number of para-hydroxylation sites is 1. The van der Waals surface area contributed by atoms with Gasteiger partial charge in [0.2, 0.25) is 5.95 Å². The number of hydrogen-bond acceptors (Lipinski definition) is 3. The molecular formula is C57H36N4. The van der Waals surface area contributed by atoms with Crippen molar-refractivity contribution in [2.75, 3.05) is 0 Å². The van der Waals surface area contributed by atoms with Crippen molar-refractivity contribution in [1.29, 1.82) is 0 Å². The van der Waals surface area contributed by atoms with Crippen LogP contribution >= 0.6 is 0 Å². The van der Waals surface area contributed by atoms with Crippen molar-refractivity contribution in [2.45, 2.75) is 0 Å². The number of fused-ring (bicyclic) bond motifs is 9. The summed E-state index contributed by atoms with van der Waals surface area (Å²) in [6.45, 7) is 0. The molecule has 4 nitrogen and oxygen atoms in total. The second-order valence-corrected chi connectivity index (χ2v) is 15.6. The summed E-state index contributed by atoms with van der Waals surface area (Å²) in [6.07, 6.45) is 0. The van der Waals surface area contributed by atoms with E-state index in [9.17, 15) is 0 Å². The maximum absolute atomic E-state index is 5.24. The molecule has 2 aromatic heterocycles. The Hall–Kier alpha value is -8.21. The predicted molar refractivity (Wildman–Crippen MR) is 254 cm³/mol. The average Bonchev–Trinajstić information content (AvgIpc) is 3.68. The van der Waals surface area contributed by atoms with Crippen LogP contribution in [-0.4, -0.2) is 19.5 Å². The minimum absolute atomic E-state index is 0.573. The quantitative estimate of drug-likeness (QED) is 0.158. The molecule has 12 aromatic rings. The fraction of sp³-hybridized carbons (Fsp3) is 0. The molecule has 10 aromatic carbocycles. The van der Waals surface area contributed by atoms with Crippen LogP contribution in [0.3, 0.4) is 0 Å². The lowest BCUT2D eigenvalue weighted by atomic mass is 9.91. The lowest BCUT2D eigenvalue weighted by molar-refractivity contribution is 0.953. The summed E-state index contributed by atoms with van der Waals surface area (Å²) in [5, 5.41) is 9.94. The van der Waals surface area contributed by atoms with Gasteiger partial charge in [-0.05, 0) is 90.0 Å². The van der Waals surface area contributed by atoms with Crippen LogP contribution in [0.4, 0.5) is 0 Å². The van der Waals surface area contributed by atoms with Crippen LogP contribution in [0.2, 0.25) is 0 Å². The molecule has 0 fully saturated rings. The summed E-state index contributed by atoms with van der Waals surface area (Å²) in [5.74, 6) is 1.82. The number of hydrogen-bond donors (Lipinski definition) is 0. The topological polar surface area (TPSA) is 43.6 Å². The van der Waals surface area contributed by atoms with Crippen LogP contribution < -0.4 is 0 Å². The van der Waals surface area contributed by atoms with E-state index in [4.69, 9.17) is 15.0 Å². The number of nitrogens with zero attached hydrogens (tertiary/aromatic N) is 4. The summed E-state index contributed by atoms with van der Waals surface area (Å²) in [5.41, 5.74) is 10.8. The van der Waals surface area contributed by atoms with Gasteiger partial charge in [0.05, 0.1) is 11.0 Å². The van der Waals surface area contributed by atoms with Crippen molar-refractivity contribution in [3.05, 3.63) is 218 Å². The highest BCUT2D eigenvalue weighted by atomic mass is 15.2. The molecule has 284 valence electrons. The zero-order valence-corrected chi connectivity index (χ0v) is 33.1. The highest BCUT2D eigenvalue weighted by Gasteiger charge is 2.19. The van der Waals surface area contributed by atoms with Gasteiger partial charge in [0, 0.05) is 21.9 Å². The molecule has 12 rings (SSSR count). The highest BCUT2D eigenvalue weighted by molar-refractivity contribution is 6.25. The van der Waals surface area contributed by atoms with Gasteiger partial charge >= 0.3 is 0 Å². The van der Waals surface area contributed by atoms with Crippen LogP contribution in [0.15, 0.2) is 218 Å². The minimum atomic E-state index is 0.573. The average molecular weight is 777 g/mol. The van der Waals surface area contributed by atoms with E-state index in [2.05, 4.69) is 199 Å². The first kappa shape index (κ1) is 34.8. The van der Waals surface area contributed by atoms with Gasteiger partial charge in [0.15, 0.2) is 11.6 Å². The lowest BCUT2D eigenvalue weighted by Gasteiger charge is -2.13. The Morgan fingerprint density at radius 2 is 0.623 bits per heavy atom. The summed E-state index contributed by atoms with van der Waals surface area (Å²) >= 11 is 0. The Labute approximate surface area is 352 Å². The minimum Gasteiger partial charge on any atom is -0.278 e. The third-order valence-corrected chi connectivity index (χ3v) is 12.1. The van der Waals surface area contributed by atoms with Gasteiger partial charge < -0.3 is 0 Å². The van der Waals surface area contributed by atoms with Crippen LogP contribution in [-0.2, 0) is 0 Å². The largest absolute Gasteiger partial charge is 0.278 e. The Morgan fingerprint density at radius 3 is 1.26 bits per heavy atom. The van der Waals surface area contributed by atoms with Crippen molar-refractivity contribution in [3.63, 3.8) is 0 Å². The van der Waals surface area contributed by atoms with E-state index in [1.165, 1.54) is 49.0 Å². The maximum Gasteiger partial charge on any atom is 0.238 e. The summed E-state index contributed by atoms with van der Waals surface area (Å²) < 4.78 is 2.20. The van der Waals surface area contributed by atoms with Crippen molar-refractivity contribution in [1.82, 2.24) is 19.5 Å². The van der Waals surface area contributed by atoms with Gasteiger partial charge in [-0.1, -0.05) is 194 Å². The molecule has 2 heterocycles. The smallest absolute Gasteiger partial charge is 0.238 e. The molecule has 0 N–H and O–H groups in total. The molecule has 0 amide bonds. The van der Waals surface area contributed by atoms with Crippen molar-refractivity contribution >= 4 is 54.1 Å². The predicted octanol–water partition coefficient (Wildman–Crippen LogP) is 14.8. The standard InChI is InChI=1S/C57H36N4/c1-3-14-37(15-4-1)38-26-28-40(29-27-38)56-58-55(39-16-5-2-6-17-39)59-57(60-56)61-53-25-12-11-24-50(53)51-33-31-44(36-54(51)61)42-19-13-18-41(34-42)43-30-32-49-47-22-8-7-20-45(47)46-21-9-10-23-48(46)52(49)35-43/h1-36H. The Kier molecular flexibility index (Phi) is 8.13. The van der Waals surface area contributed by atoms with E-state index in [0.717, 1.165) is 49.6 Å². The fourth-order valence-corrected chi connectivity index (χ4v) is 9.08. The molecular weight excluding hydrogens is 741 g/mol. The second-order valence-electron chi connectivity index (χ2n) is 15.6. The molecule has 0 radical (unpaired) electrons. The molecule has 0 aliphatic heterocycles. The van der Waals surface area contributed by atoms with Crippen molar-refractivity contribution in [3.8, 4) is 62.1 Å². The van der Waals surface area contributed by atoms with Gasteiger partial charge in [-0.2, -0.15) is 9.97 Å². The number of aromatic nitrogens is 4. The number of benzene rings is 10. The summed E-state index contributed by atoms with van der Waals surface area (Å²) in [4.78, 5) is 15.5. The monoisotopic (exact) mass is 776 g/mol. The molecule has 61 heavy (non-hydrogen) atoms. The Bertz CT molecular complexity index is 3590. The third-order valence-electron chi connectivity index (χ3n) is 12.1. The first-order chi connectivity index (χ1) is 30.2. The molecule has 4 heteroatoms. The van der Waals surface area contributed by atoms with Crippen LogP contribution in [0.5, 0.6) is 0 Å². The molecule has 0 bridgehead atoms. The van der Waals surface area contributed by atoms with E-state index < -0.39 is 0 Å². The van der Waals surface area contributed by atoms with E-state index >= 15 is 0 Å². The highest BCUT2D eigenvalue weighted by Crippen LogP contribution is 2.39. The first-order valence-electron chi connectivity index (χ1n) is 20.7. The molecule has 0 unspecified atom stereocenters. The zero-order chi connectivity index (χ0) is 40.3. The van der Waals surface area contributed by atoms with Gasteiger partial charge in [0.25, 0.3) is 0 Å². The summed E-state index contributed by atoms with van der Waals surface area (Å²) in [7, 11) is 0. The van der Waals surface area contributed by atoms with Crippen molar-refractivity contribution in [2.24, 2.45) is 0 Å². The summed E-state index contributed by atoms with van der Waals surface area (Å²) in [6, 6.07) is 77.7. The Balaban J connectivity index is 1.01.